The van der Waals surface area contributed by atoms with E-state index in [9.17, 15) is 13.2 Å². The van der Waals surface area contributed by atoms with Gasteiger partial charge < -0.3 is 14.8 Å². The number of nitrogens with zero attached hydrogens (tertiary/aromatic N) is 2. The molecule has 21 heavy (non-hydrogen) atoms. The Morgan fingerprint density at radius 2 is 2.29 bits per heavy atom. The Morgan fingerprint density at radius 1 is 1.43 bits per heavy atom. The van der Waals surface area contributed by atoms with Crippen molar-refractivity contribution in [3.05, 3.63) is 18.0 Å². The van der Waals surface area contributed by atoms with Crippen LogP contribution in [0.4, 0.5) is 19.1 Å². The number of nitrogens with one attached hydrogen (secondary N) is 1. The summed E-state index contributed by atoms with van der Waals surface area (Å²) in [6, 6.07) is 0.845. The number of aromatic nitrogens is 2. The molecule has 1 aliphatic heterocycles. The number of alkyl halides is 3. The summed E-state index contributed by atoms with van der Waals surface area (Å²) in [5, 5.41) is 2.76. The zero-order valence-corrected chi connectivity index (χ0v) is 11.5. The second-order valence-corrected chi connectivity index (χ2v) is 4.85. The molecular formula is C13H18F3N3O2. The van der Waals surface area contributed by atoms with Gasteiger partial charge in [0.25, 0.3) is 0 Å². The van der Waals surface area contributed by atoms with E-state index < -0.39 is 11.9 Å². The van der Waals surface area contributed by atoms with Crippen LogP contribution in [0.25, 0.3) is 0 Å². The van der Waals surface area contributed by atoms with Crippen LogP contribution in [0.5, 0.6) is 0 Å². The lowest BCUT2D eigenvalue weighted by Gasteiger charge is -2.10. The maximum atomic E-state index is 12.5. The number of hydrogen-bond donors (Lipinski definition) is 1. The number of hydrogen-bond acceptors (Lipinski definition) is 5. The van der Waals surface area contributed by atoms with Gasteiger partial charge in [0.05, 0.1) is 13.2 Å². The molecule has 1 aliphatic rings. The van der Waals surface area contributed by atoms with Crippen LogP contribution in [0, 0.1) is 5.92 Å². The molecular weight excluding hydrogens is 287 g/mol. The Hall–Kier alpha value is -1.41. The Kier molecular flexibility index (Phi) is 5.75. The van der Waals surface area contributed by atoms with Crippen molar-refractivity contribution in [3.63, 3.8) is 0 Å². The van der Waals surface area contributed by atoms with Crippen molar-refractivity contribution in [2.45, 2.75) is 19.0 Å². The molecule has 0 saturated carbocycles. The summed E-state index contributed by atoms with van der Waals surface area (Å²) in [6.45, 7) is 3.21. The van der Waals surface area contributed by atoms with Crippen LogP contribution < -0.4 is 5.32 Å². The Morgan fingerprint density at radius 3 is 3.00 bits per heavy atom. The van der Waals surface area contributed by atoms with Gasteiger partial charge >= 0.3 is 6.18 Å². The third kappa shape index (κ3) is 5.47. The topological polar surface area (TPSA) is 56.3 Å². The molecule has 1 aromatic rings. The predicted octanol–water partition coefficient (Wildman–Crippen LogP) is 2.35. The van der Waals surface area contributed by atoms with Crippen molar-refractivity contribution in [1.82, 2.24) is 9.97 Å². The summed E-state index contributed by atoms with van der Waals surface area (Å²) in [5.74, 6) is 0.443. The maximum absolute atomic E-state index is 12.5. The maximum Gasteiger partial charge on any atom is 0.433 e. The highest BCUT2D eigenvalue weighted by Gasteiger charge is 2.32. The molecule has 1 atom stereocenters. The summed E-state index contributed by atoms with van der Waals surface area (Å²) in [5.41, 5.74) is -0.947. The fourth-order valence-electron chi connectivity index (χ4n) is 1.94. The minimum atomic E-state index is -4.45. The molecule has 0 amide bonds. The summed E-state index contributed by atoms with van der Waals surface area (Å²) in [4.78, 5) is 7.17. The van der Waals surface area contributed by atoms with Crippen molar-refractivity contribution in [2.75, 3.05) is 38.3 Å². The molecule has 1 saturated heterocycles. The summed E-state index contributed by atoms with van der Waals surface area (Å²) in [7, 11) is 0. The van der Waals surface area contributed by atoms with E-state index in [1.54, 1.807) is 0 Å². The van der Waals surface area contributed by atoms with Crippen LogP contribution in [-0.2, 0) is 15.7 Å². The van der Waals surface area contributed by atoms with Gasteiger partial charge in [-0.2, -0.15) is 13.2 Å². The molecule has 0 unspecified atom stereocenters. The summed E-state index contributed by atoms with van der Waals surface area (Å²) in [6.07, 6.45) is -1.66. The monoisotopic (exact) mass is 305 g/mol. The lowest BCUT2D eigenvalue weighted by Crippen LogP contribution is -2.14. The van der Waals surface area contributed by atoms with Gasteiger partial charge in [-0.15, -0.1) is 0 Å². The van der Waals surface area contributed by atoms with Gasteiger partial charge in [-0.25, -0.2) is 9.97 Å². The van der Waals surface area contributed by atoms with E-state index in [0.717, 1.165) is 31.9 Å². The van der Waals surface area contributed by atoms with E-state index in [-0.39, 0.29) is 5.95 Å². The Labute approximate surface area is 120 Å². The second kappa shape index (κ2) is 7.56. The van der Waals surface area contributed by atoms with Crippen LogP contribution in [0.1, 0.15) is 18.5 Å². The molecule has 0 spiro atoms. The van der Waals surface area contributed by atoms with Crippen molar-refractivity contribution in [3.8, 4) is 0 Å². The second-order valence-electron chi connectivity index (χ2n) is 4.85. The molecule has 1 aromatic heterocycles. The molecule has 0 bridgehead atoms. The lowest BCUT2D eigenvalue weighted by atomic mass is 10.1. The van der Waals surface area contributed by atoms with Gasteiger partial charge in [-0.1, -0.05) is 0 Å². The van der Waals surface area contributed by atoms with E-state index in [1.807, 2.05) is 0 Å². The molecule has 2 heterocycles. The normalized spacial score (nSPS) is 18.9. The zero-order chi connectivity index (χ0) is 15.1. The largest absolute Gasteiger partial charge is 0.433 e. The van der Waals surface area contributed by atoms with Crippen molar-refractivity contribution in [2.24, 2.45) is 5.92 Å². The van der Waals surface area contributed by atoms with E-state index in [0.29, 0.717) is 32.1 Å². The van der Waals surface area contributed by atoms with Crippen LogP contribution in [0.15, 0.2) is 12.3 Å². The molecule has 0 aliphatic carbocycles. The fraction of sp³-hybridized carbons (Fsp3) is 0.692. The highest BCUT2D eigenvalue weighted by molar-refractivity contribution is 5.25. The van der Waals surface area contributed by atoms with E-state index >= 15 is 0 Å². The molecule has 1 fully saturated rings. The van der Waals surface area contributed by atoms with E-state index in [2.05, 4.69) is 15.3 Å². The van der Waals surface area contributed by atoms with Gasteiger partial charge in [-0.3, -0.25) is 0 Å². The first kappa shape index (κ1) is 16.0. The smallest absolute Gasteiger partial charge is 0.381 e. The molecule has 8 heteroatoms. The summed E-state index contributed by atoms with van der Waals surface area (Å²) >= 11 is 0. The first-order chi connectivity index (χ1) is 10.1. The van der Waals surface area contributed by atoms with Gasteiger partial charge in [0, 0.05) is 31.9 Å². The average Bonchev–Trinajstić information content (AvgIpc) is 2.95. The SMILES string of the molecule is FC(F)(F)c1ccnc(NCCCOC[C@@H]2CCOC2)n1. The fourth-order valence-corrected chi connectivity index (χ4v) is 1.94. The minimum Gasteiger partial charge on any atom is -0.381 e. The van der Waals surface area contributed by atoms with Crippen molar-refractivity contribution in [1.29, 1.82) is 0 Å². The number of rotatable bonds is 7. The molecule has 0 aromatic carbocycles. The van der Waals surface area contributed by atoms with E-state index in [4.69, 9.17) is 9.47 Å². The standard InChI is InChI=1S/C13H18F3N3O2/c14-13(15,16)11-2-5-18-12(19-11)17-4-1-6-20-8-10-3-7-21-9-10/h2,5,10H,1,3-4,6-9H2,(H,17,18,19)/t10-/m0/s1. The van der Waals surface area contributed by atoms with Crippen LogP contribution in [0.2, 0.25) is 0 Å². The van der Waals surface area contributed by atoms with Gasteiger partial charge in [-0.05, 0) is 18.9 Å². The molecule has 118 valence electrons. The third-order valence-electron chi connectivity index (χ3n) is 3.07. The van der Waals surface area contributed by atoms with Gasteiger partial charge in [0.2, 0.25) is 5.95 Å². The zero-order valence-electron chi connectivity index (χ0n) is 11.5. The van der Waals surface area contributed by atoms with Crippen LogP contribution >= 0.6 is 0 Å². The first-order valence-corrected chi connectivity index (χ1v) is 6.85. The quantitative estimate of drug-likeness (QED) is 0.784. The molecule has 5 nitrogen and oxygen atoms in total. The highest BCUT2D eigenvalue weighted by atomic mass is 19.4. The van der Waals surface area contributed by atoms with Gasteiger partial charge in [0.1, 0.15) is 5.69 Å². The first-order valence-electron chi connectivity index (χ1n) is 6.85. The van der Waals surface area contributed by atoms with Crippen LogP contribution in [-0.4, -0.2) is 42.9 Å². The number of ether oxygens (including phenoxy) is 2. The van der Waals surface area contributed by atoms with Crippen LogP contribution in [0.3, 0.4) is 0 Å². The third-order valence-corrected chi connectivity index (χ3v) is 3.07. The molecule has 1 N–H and O–H groups in total. The van der Waals surface area contributed by atoms with Gasteiger partial charge in [0.15, 0.2) is 0 Å². The molecule has 2 rings (SSSR count). The Bertz CT molecular complexity index is 437. The van der Waals surface area contributed by atoms with Crippen molar-refractivity contribution >= 4 is 5.95 Å². The minimum absolute atomic E-state index is 0.0194. The molecule has 0 radical (unpaired) electrons. The highest BCUT2D eigenvalue weighted by Crippen LogP contribution is 2.27. The van der Waals surface area contributed by atoms with Crippen molar-refractivity contribution < 1.29 is 22.6 Å². The summed E-state index contributed by atoms with van der Waals surface area (Å²) < 4.78 is 48.1. The lowest BCUT2D eigenvalue weighted by molar-refractivity contribution is -0.141. The average molecular weight is 305 g/mol. The number of halogens is 3. The predicted molar refractivity (Wildman–Crippen MR) is 69.9 cm³/mol. The Balaban J connectivity index is 1.62. The number of anilines is 1. The van der Waals surface area contributed by atoms with E-state index in [1.165, 1.54) is 0 Å².